The second-order valence-corrected chi connectivity index (χ2v) is 7.86. The predicted octanol–water partition coefficient (Wildman–Crippen LogP) is 0.0731. The van der Waals surface area contributed by atoms with Crippen LogP contribution in [0.4, 0.5) is 0 Å². The Labute approximate surface area is 86.1 Å². The third-order valence-electron chi connectivity index (χ3n) is 1.79. The van der Waals surface area contributed by atoms with E-state index in [2.05, 4.69) is 21.2 Å². The lowest BCUT2D eigenvalue weighted by atomic mass is 10.2. The highest BCUT2D eigenvalue weighted by molar-refractivity contribution is 9.10. The van der Waals surface area contributed by atoms with E-state index in [0.717, 1.165) is 0 Å². The van der Waals surface area contributed by atoms with Crippen molar-refractivity contribution >= 4 is 31.7 Å². The highest BCUT2D eigenvalue weighted by Crippen LogP contribution is 2.18. The van der Waals surface area contributed by atoms with Crippen molar-refractivity contribution in [1.29, 1.82) is 0 Å². The minimum Gasteiger partial charge on any atom is -0.350 e. The van der Waals surface area contributed by atoms with Gasteiger partial charge in [0, 0.05) is 0 Å². The molecule has 1 fully saturated rings. The molecular formula is C7H12BrNO3S. The number of sulfone groups is 1. The van der Waals surface area contributed by atoms with E-state index < -0.39 is 14.2 Å². The predicted molar refractivity (Wildman–Crippen MR) is 53.6 cm³/mol. The zero-order chi connectivity index (χ0) is 10.3. The van der Waals surface area contributed by atoms with Gasteiger partial charge in [-0.15, -0.1) is 0 Å². The van der Waals surface area contributed by atoms with Gasteiger partial charge in [0.2, 0.25) is 5.91 Å². The lowest BCUT2D eigenvalue weighted by molar-refractivity contribution is -0.123. The Hall–Kier alpha value is -0.100. The number of carbonyl (C=O) groups excluding carboxylic acids is 1. The Balaban J connectivity index is 2.41. The number of alkyl halides is 1. The van der Waals surface area contributed by atoms with E-state index in [0.29, 0.717) is 0 Å². The number of hydrogen-bond donors (Lipinski definition) is 1. The molecule has 0 spiro atoms. The van der Waals surface area contributed by atoms with Crippen LogP contribution in [-0.2, 0) is 14.6 Å². The summed E-state index contributed by atoms with van der Waals surface area (Å²) in [5, 5.41) is 2.65. The highest BCUT2D eigenvalue weighted by atomic mass is 79.9. The fraction of sp³-hybridized carbons (Fsp3) is 0.857. The maximum atomic E-state index is 11.3. The second kappa shape index (κ2) is 3.24. The fourth-order valence-corrected chi connectivity index (χ4v) is 2.41. The van der Waals surface area contributed by atoms with E-state index in [1.54, 1.807) is 13.8 Å². The molecule has 6 heteroatoms. The van der Waals surface area contributed by atoms with E-state index in [9.17, 15) is 13.2 Å². The van der Waals surface area contributed by atoms with Crippen LogP contribution in [0.1, 0.15) is 13.8 Å². The smallest absolute Gasteiger partial charge is 0.236 e. The first-order chi connectivity index (χ1) is 5.71. The quantitative estimate of drug-likeness (QED) is 0.722. The fourth-order valence-electron chi connectivity index (χ4n) is 1.00. The minimum absolute atomic E-state index is 0.0713. The van der Waals surface area contributed by atoms with Gasteiger partial charge < -0.3 is 5.32 Å². The Morgan fingerprint density at radius 1 is 1.46 bits per heavy atom. The Bertz CT molecular complexity index is 305. The van der Waals surface area contributed by atoms with Gasteiger partial charge in [0.1, 0.15) is 0 Å². The van der Waals surface area contributed by atoms with Crippen LogP contribution >= 0.6 is 15.9 Å². The van der Waals surface area contributed by atoms with Crippen molar-refractivity contribution in [2.45, 2.75) is 24.2 Å². The van der Waals surface area contributed by atoms with Crippen LogP contribution in [-0.4, -0.2) is 36.2 Å². The molecule has 1 saturated heterocycles. The van der Waals surface area contributed by atoms with Gasteiger partial charge in [-0.1, -0.05) is 15.9 Å². The first-order valence-corrected chi connectivity index (χ1v) is 6.52. The van der Waals surface area contributed by atoms with Crippen molar-refractivity contribution in [1.82, 2.24) is 5.32 Å². The summed E-state index contributed by atoms with van der Waals surface area (Å²) in [6, 6.07) is -0.200. The third-order valence-corrected chi connectivity index (χ3v) is 3.97. The average Bonchev–Trinajstić information content (AvgIpc) is 1.80. The van der Waals surface area contributed by atoms with Crippen LogP contribution in [0.3, 0.4) is 0 Å². The van der Waals surface area contributed by atoms with E-state index >= 15 is 0 Å². The molecular weight excluding hydrogens is 258 g/mol. The molecule has 0 bridgehead atoms. The van der Waals surface area contributed by atoms with Gasteiger partial charge in [-0.05, 0) is 13.8 Å². The van der Waals surface area contributed by atoms with E-state index in [1.165, 1.54) is 0 Å². The van der Waals surface area contributed by atoms with Gasteiger partial charge in [-0.3, -0.25) is 4.79 Å². The van der Waals surface area contributed by atoms with Crippen molar-refractivity contribution in [2.75, 3.05) is 11.5 Å². The molecule has 0 aromatic carbocycles. The largest absolute Gasteiger partial charge is 0.350 e. The topological polar surface area (TPSA) is 63.2 Å². The number of amides is 1. The molecule has 1 aliphatic rings. The number of rotatable bonds is 2. The van der Waals surface area contributed by atoms with Gasteiger partial charge >= 0.3 is 0 Å². The second-order valence-electron chi connectivity index (χ2n) is 3.72. The summed E-state index contributed by atoms with van der Waals surface area (Å²) in [5.41, 5.74) is 0. The molecule has 1 N–H and O–H groups in total. The summed E-state index contributed by atoms with van der Waals surface area (Å²) in [6.45, 7) is 3.44. The summed E-state index contributed by atoms with van der Waals surface area (Å²) in [4.78, 5) is 11.3. The molecule has 4 nitrogen and oxygen atoms in total. The van der Waals surface area contributed by atoms with Crippen molar-refractivity contribution in [2.24, 2.45) is 0 Å². The monoisotopic (exact) mass is 269 g/mol. The molecule has 0 aromatic heterocycles. The van der Waals surface area contributed by atoms with Gasteiger partial charge in [-0.25, -0.2) is 8.42 Å². The molecule has 0 atom stereocenters. The van der Waals surface area contributed by atoms with E-state index in [1.807, 2.05) is 0 Å². The number of halogens is 1. The van der Waals surface area contributed by atoms with Crippen LogP contribution in [0, 0.1) is 0 Å². The Morgan fingerprint density at radius 3 is 2.23 bits per heavy atom. The zero-order valence-electron chi connectivity index (χ0n) is 7.50. The normalized spacial score (nSPS) is 22.1. The first-order valence-electron chi connectivity index (χ1n) is 3.91. The molecule has 1 rings (SSSR count). The SMILES string of the molecule is CC(C)(Br)C(=O)NC1CS(=O)(=O)C1. The van der Waals surface area contributed by atoms with Crippen LogP contribution in [0.25, 0.3) is 0 Å². The van der Waals surface area contributed by atoms with Crippen LogP contribution in [0.15, 0.2) is 0 Å². The van der Waals surface area contributed by atoms with Crippen LogP contribution in [0.2, 0.25) is 0 Å². The molecule has 1 amide bonds. The lowest BCUT2D eigenvalue weighted by Crippen LogP contribution is -2.55. The van der Waals surface area contributed by atoms with Crippen molar-refractivity contribution in [3.63, 3.8) is 0 Å². The maximum Gasteiger partial charge on any atom is 0.236 e. The summed E-state index contributed by atoms with van der Waals surface area (Å²) < 4.78 is 20.9. The van der Waals surface area contributed by atoms with E-state index in [4.69, 9.17) is 0 Å². The number of nitrogens with one attached hydrogen (secondary N) is 1. The Morgan fingerprint density at radius 2 is 1.92 bits per heavy atom. The van der Waals surface area contributed by atoms with Gasteiger partial charge in [-0.2, -0.15) is 0 Å². The summed E-state index contributed by atoms with van der Waals surface area (Å²) in [6.07, 6.45) is 0. The standard InChI is InChI=1S/C7H12BrNO3S/c1-7(2,8)6(10)9-5-3-13(11,12)4-5/h5H,3-4H2,1-2H3,(H,9,10). The van der Waals surface area contributed by atoms with Crippen molar-refractivity contribution in [3.8, 4) is 0 Å². The molecule has 0 saturated carbocycles. The molecule has 0 aromatic rings. The van der Waals surface area contributed by atoms with Gasteiger partial charge in [0.15, 0.2) is 9.84 Å². The molecule has 76 valence electrons. The summed E-state index contributed by atoms with van der Waals surface area (Å²) >= 11 is 3.19. The molecule has 0 unspecified atom stereocenters. The minimum atomic E-state index is -2.85. The third kappa shape index (κ3) is 2.95. The summed E-state index contributed by atoms with van der Waals surface area (Å²) in [5.74, 6) is -0.0312. The lowest BCUT2D eigenvalue weighted by Gasteiger charge is -2.29. The maximum absolute atomic E-state index is 11.3. The van der Waals surface area contributed by atoms with Crippen molar-refractivity contribution < 1.29 is 13.2 Å². The van der Waals surface area contributed by atoms with Gasteiger partial charge in [0.05, 0.1) is 21.9 Å². The average molecular weight is 270 g/mol. The van der Waals surface area contributed by atoms with E-state index in [-0.39, 0.29) is 23.5 Å². The molecule has 0 radical (unpaired) electrons. The van der Waals surface area contributed by atoms with Crippen molar-refractivity contribution in [3.05, 3.63) is 0 Å². The van der Waals surface area contributed by atoms with Crippen LogP contribution in [0.5, 0.6) is 0 Å². The molecule has 1 heterocycles. The molecule has 1 aliphatic heterocycles. The number of hydrogen-bond acceptors (Lipinski definition) is 3. The zero-order valence-corrected chi connectivity index (χ0v) is 9.91. The first kappa shape index (κ1) is 11.0. The molecule has 13 heavy (non-hydrogen) atoms. The molecule has 0 aliphatic carbocycles. The highest BCUT2D eigenvalue weighted by Gasteiger charge is 2.36. The summed E-state index contributed by atoms with van der Waals surface area (Å²) in [7, 11) is -2.85. The van der Waals surface area contributed by atoms with Gasteiger partial charge in [0.25, 0.3) is 0 Å². The van der Waals surface area contributed by atoms with Crippen LogP contribution < -0.4 is 5.32 Å². The Kier molecular flexibility index (Phi) is 2.73. The number of carbonyl (C=O) groups is 1.